The molecule has 224 valence electrons. The van der Waals surface area contributed by atoms with Crippen molar-refractivity contribution >= 4 is 17.4 Å². The SMILES string of the molecule is C=CC(=O)N1CCN(c2nc(OCC3(CN(C)C)COC3)nc3c2CCCN(c2c(C)cccc2F)C3)C[C@@H]1CC#N. The summed E-state index contributed by atoms with van der Waals surface area (Å²) in [5.74, 6) is 0.342. The van der Waals surface area contributed by atoms with Gasteiger partial charge in [0.2, 0.25) is 5.91 Å². The molecule has 1 amide bonds. The van der Waals surface area contributed by atoms with Gasteiger partial charge in [0.1, 0.15) is 18.2 Å². The quantitative estimate of drug-likeness (QED) is 0.417. The third kappa shape index (κ3) is 6.20. The van der Waals surface area contributed by atoms with Crippen molar-refractivity contribution in [3.63, 3.8) is 0 Å². The van der Waals surface area contributed by atoms with Crippen molar-refractivity contribution in [2.75, 3.05) is 76.4 Å². The van der Waals surface area contributed by atoms with Gasteiger partial charge in [-0.3, -0.25) is 4.79 Å². The van der Waals surface area contributed by atoms with Crippen molar-refractivity contribution < 1.29 is 18.7 Å². The Balaban J connectivity index is 1.50. The summed E-state index contributed by atoms with van der Waals surface area (Å²) in [5, 5.41) is 9.51. The molecule has 10 nitrogen and oxygen atoms in total. The maximum absolute atomic E-state index is 15.1. The zero-order valence-corrected chi connectivity index (χ0v) is 24.8. The van der Waals surface area contributed by atoms with Gasteiger partial charge in [-0.15, -0.1) is 0 Å². The first kappa shape index (κ1) is 29.7. The average Bonchev–Trinajstić information content (AvgIpc) is 3.16. The summed E-state index contributed by atoms with van der Waals surface area (Å²) in [6, 6.07) is 7.38. The predicted molar refractivity (Wildman–Crippen MR) is 158 cm³/mol. The van der Waals surface area contributed by atoms with Gasteiger partial charge in [-0.2, -0.15) is 15.2 Å². The molecule has 0 spiro atoms. The maximum atomic E-state index is 15.1. The fraction of sp³-hybridized carbons (Fsp3) is 0.548. The number of piperazine rings is 1. The molecule has 1 atom stereocenters. The Morgan fingerprint density at radius 1 is 1.29 bits per heavy atom. The van der Waals surface area contributed by atoms with Crippen LogP contribution in [0.5, 0.6) is 6.01 Å². The van der Waals surface area contributed by atoms with Crippen molar-refractivity contribution in [1.82, 2.24) is 19.8 Å². The van der Waals surface area contributed by atoms with E-state index in [9.17, 15) is 10.1 Å². The molecule has 2 fully saturated rings. The zero-order valence-electron chi connectivity index (χ0n) is 24.8. The lowest BCUT2D eigenvalue weighted by Crippen LogP contribution is -2.55. The first-order valence-corrected chi connectivity index (χ1v) is 14.5. The molecule has 0 aliphatic carbocycles. The molecule has 0 radical (unpaired) electrons. The van der Waals surface area contributed by atoms with Gasteiger partial charge in [0.05, 0.1) is 55.1 Å². The number of amides is 1. The van der Waals surface area contributed by atoms with Gasteiger partial charge in [0.15, 0.2) is 0 Å². The van der Waals surface area contributed by atoms with E-state index in [0.717, 1.165) is 42.0 Å². The van der Waals surface area contributed by atoms with E-state index in [-0.39, 0.29) is 35.6 Å². The van der Waals surface area contributed by atoms with Crippen molar-refractivity contribution in [1.29, 1.82) is 5.26 Å². The van der Waals surface area contributed by atoms with E-state index >= 15 is 4.39 Å². The lowest BCUT2D eigenvalue weighted by Gasteiger charge is -2.42. The van der Waals surface area contributed by atoms with Crippen LogP contribution in [0.4, 0.5) is 15.9 Å². The second kappa shape index (κ2) is 12.6. The number of carbonyl (C=O) groups excluding carboxylic acids is 1. The highest BCUT2D eigenvalue weighted by Crippen LogP contribution is 2.35. The number of anilines is 2. The summed E-state index contributed by atoms with van der Waals surface area (Å²) in [4.78, 5) is 30.4. The van der Waals surface area contributed by atoms with Gasteiger partial charge < -0.3 is 29.1 Å². The van der Waals surface area contributed by atoms with E-state index in [1.807, 2.05) is 27.1 Å². The molecular weight excluding hydrogens is 537 g/mol. The second-order valence-corrected chi connectivity index (χ2v) is 11.9. The Hall–Kier alpha value is -3.75. The molecule has 0 saturated carbocycles. The molecule has 11 heteroatoms. The lowest BCUT2D eigenvalue weighted by atomic mass is 9.86. The Morgan fingerprint density at radius 3 is 2.76 bits per heavy atom. The van der Waals surface area contributed by atoms with Crippen molar-refractivity contribution in [2.45, 2.75) is 38.8 Å². The van der Waals surface area contributed by atoms with Crippen LogP contribution in [0.15, 0.2) is 30.9 Å². The summed E-state index contributed by atoms with van der Waals surface area (Å²) in [7, 11) is 4.07. The van der Waals surface area contributed by atoms with E-state index in [0.29, 0.717) is 58.2 Å². The number of aryl methyl sites for hydroxylation is 1. The Morgan fingerprint density at radius 2 is 2.10 bits per heavy atom. The first-order valence-electron chi connectivity index (χ1n) is 14.5. The molecule has 5 rings (SSSR count). The van der Waals surface area contributed by atoms with Crippen molar-refractivity contribution in [3.05, 3.63) is 53.5 Å². The number of benzene rings is 1. The highest BCUT2D eigenvalue weighted by atomic mass is 19.1. The number of carbonyl (C=O) groups is 1. The fourth-order valence-electron chi connectivity index (χ4n) is 6.36. The molecule has 1 aromatic heterocycles. The topological polar surface area (TPSA) is 98.1 Å². The number of aromatic nitrogens is 2. The normalized spacial score (nSPS) is 19.9. The van der Waals surface area contributed by atoms with Crippen LogP contribution in [0.2, 0.25) is 0 Å². The largest absolute Gasteiger partial charge is 0.463 e. The van der Waals surface area contributed by atoms with Crippen LogP contribution >= 0.6 is 0 Å². The third-order valence-electron chi connectivity index (χ3n) is 8.29. The summed E-state index contributed by atoms with van der Waals surface area (Å²) < 4.78 is 26.9. The first-order chi connectivity index (χ1) is 20.2. The average molecular weight is 578 g/mol. The molecule has 3 aliphatic heterocycles. The van der Waals surface area contributed by atoms with Crippen molar-refractivity contribution in [3.8, 4) is 12.1 Å². The van der Waals surface area contributed by atoms with Gasteiger partial charge in [0.25, 0.3) is 0 Å². The maximum Gasteiger partial charge on any atom is 0.318 e. The summed E-state index contributed by atoms with van der Waals surface area (Å²) in [6.07, 6.45) is 3.04. The number of ether oxygens (including phenoxy) is 2. The number of nitriles is 1. The Kier molecular flexibility index (Phi) is 8.94. The van der Waals surface area contributed by atoms with Crippen LogP contribution in [0, 0.1) is 29.5 Å². The fourth-order valence-corrected chi connectivity index (χ4v) is 6.36. The number of hydrogen-bond acceptors (Lipinski definition) is 9. The smallest absolute Gasteiger partial charge is 0.318 e. The van der Waals surface area contributed by atoms with E-state index in [1.165, 1.54) is 12.1 Å². The molecule has 0 unspecified atom stereocenters. The third-order valence-corrected chi connectivity index (χ3v) is 8.29. The Labute approximate surface area is 247 Å². The van der Waals surface area contributed by atoms with Crippen LogP contribution in [-0.4, -0.2) is 98.4 Å². The number of hydrogen-bond donors (Lipinski definition) is 0. The van der Waals surface area contributed by atoms with Crippen molar-refractivity contribution in [2.24, 2.45) is 5.41 Å². The lowest BCUT2D eigenvalue weighted by molar-refractivity contribution is -0.140. The predicted octanol–water partition coefficient (Wildman–Crippen LogP) is 2.95. The highest BCUT2D eigenvalue weighted by Gasteiger charge is 2.41. The minimum atomic E-state index is -0.289. The minimum Gasteiger partial charge on any atom is -0.463 e. The zero-order chi connectivity index (χ0) is 29.9. The summed E-state index contributed by atoms with van der Waals surface area (Å²) >= 11 is 0. The number of halogens is 1. The van der Waals surface area contributed by atoms with E-state index in [2.05, 4.69) is 27.3 Å². The standard InChI is InChI=1S/C31H40FN7O3/c1-5-27(40)39-15-14-38(16-23(39)11-12-33)29-24-9-7-13-37(28-22(2)8-6-10-25(28)32)17-26(24)34-30(35-29)42-21-31(18-36(3)4)19-41-20-31/h5-6,8,10,23H,1,7,9,11,13-21H2,2-4H3/t23-/m0/s1. The van der Waals surface area contributed by atoms with Crippen LogP contribution in [0.1, 0.15) is 29.7 Å². The van der Waals surface area contributed by atoms with Gasteiger partial charge in [-0.25, -0.2) is 4.39 Å². The monoisotopic (exact) mass is 577 g/mol. The highest BCUT2D eigenvalue weighted by molar-refractivity contribution is 5.87. The molecule has 42 heavy (non-hydrogen) atoms. The number of fused-ring (bicyclic) bond motifs is 1. The molecule has 3 aliphatic rings. The molecular formula is C31H40FN7O3. The van der Waals surface area contributed by atoms with E-state index in [4.69, 9.17) is 19.4 Å². The molecule has 2 saturated heterocycles. The molecule has 2 aromatic rings. The van der Waals surface area contributed by atoms with Crippen LogP contribution in [0.25, 0.3) is 0 Å². The van der Waals surface area contributed by atoms with Gasteiger partial charge in [-0.1, -0.05) is 18.7 Å². The summed E-state index contributed by atoms with van der Waals surface area (Å²) in [5.41, 5.74) is 3.15. The number of para-hydroxylation sites is 1. The number of nitrogens with zero attached hydrogens (tertiary/aromatic N) is 7. The molecule has 1 aromatic carbocycles. The van der Waals surface area contributed by atoms with E-state index in [1.54, 1.807) is 11.0 Å². The molecule has 0 bridgehead atoms. The Bertz CT molecular complexity index is 1340. The van der Waals surface area contributed by atoms with E-state index < -0.39 is 0 Å². The van der Waals surface area contributed by atoms with Crippen LogP contribution < -0.4 is 14.5 Å². The van der Waals surface area contributed by atoms with Gasteiger partial charge in [-0.05, 0) is 51.6 Å². The van der Waals surface area contributed by atoms with Gasteiger partial charge >= 0.3 is 6.01 Å². The summed E-state index contributed by atoms with van der Waals surface area (Å²) in [6.45, 7) is 10.6. The second-order valence-electron chi connectivity index (χ2n) is 11.9. The number of rotatable bonds is 9. The van der Waals surface area contributed by atoms with Crippen LogP contribution in [0.3, 0.4) is 0 Å². The van der Waals surface area contributed by atoms with Gasteiger partial charge in [0, 0.05) is 38.3 Å². The molecule has 0 N–H and O–H groups in total. The molecule has 4 heterocycles. The van der Waals surface area contributed by atoms with Crippen LogP contribution in [-0.2, 0) is 22.5 Å². The minimum absolute atomic E-state index is 0.134.